The molecule has 16 heavy (non-hydrogen) atoms. The van der Waals surface area contributed by atoms with Gasteiger partial charge in [-0.1, -0.05) is 20.8 Å². The highest BCUT2D eigenvalue weighted by Crippen LogP contribution is 2.37. The topological polar surface area (TPSA) is 47.6 Å². The van der Waals surface area contributed by atoms with Gasteiger partial charge in [0.2, 0.25) is 8.32 Å². The van der Waals surface area contributed by atoms with Crippen LogP contribution in [0.3, 0.4) is 0 Å². The van der Waals surface area contributed by atoms with Crippen molar-refractivity contribution in [3.8, 4) is 0 Å². The predicted molar refractivity (Wildman–Crippen MR) is 73.9 cm³/mol. The fraction of sp³-hybridized carbons (Fsp3) is 0.583. The molecule has 0 atom stereocenters. The van der Waals surface area contributed by atoms with Gasteiger partial charge in [-0.2, -0.15) is 0 Å². The highest BCUT2D eigenvalue weighted by atomic mass is 28.4. The molecule has 0 radical (unpaired) electrons. The lowest BCUT2D eigenvalue weighted by atomic mass is 10.2. The molecule has 0 saturated heterocycles. The van der Waals surface area contributed by atoms with Crippen LogP contribution in [-0.2, 0) is 4.43 Å². The molecule has 0 fully saturated rings. The van der Waals surface area contributed by atoms with Crippen molar-refractivity contribution in [3.63, 3.8) is 0 Å². The Morgan fingerprint density at radius 2 is 1.81 bits per heavy atom. The first kappa shape index (κ1) is 15.0. The van der Waals surface area contributed by atoms with Crippen molar-refractivity contribution < 1.29 is 4.43 Å². The zero-order valence-electron chi connectivity index (χ0n) is 11.3. The fourth-order valence-electron chi connectivity index (χ4n) is 0.845. The zero-order chi connectivity index (χ0) is 13.0. The van der Waals surface area contributed by atoms with E-state index in [1.807, 2.05) is 13.0 Å². The van der Waals surface area contributed by atoms with Gasteiger partial charge in [-0.05, 0) is 43.9 Å². The molecule has 0 aromatic rings. The number of rotatable bonds is 4. The number of nitrogens with zero attached hydrogens (tertiary/aromatic N) is 1. The van der Waals surface area contributed by atoms with E-state index in [0.29, 0.717) is 5.82 Å². The highest BCUT2D eigenvalue weighted by Gasteiger charge is 2.38. The van der Waals surface area contributed by atoms with Crippen molar-refractivity contribution in [2.45, 2.75) is 45.8 Å². The van der Waals surface area contributed by atoms with E-state index in [2.05, 4.69) is 45.6 Å². The molecule has 0 aliphatic heterocycles. The Balaban J connectivity index is 4.69. The summed E-state index contributed by atoms with van der Waals surface area (Å²) >= 11 is 0. The first-order chi connectivity index (χ1) is 7.10. The molecule has 3 nitrogen and oxygen atoms in total. The number of hydrogen-bond acceptors (Lipinski definition) is 3. The van der Waals surface area contributed by atoms with Crippen molar-refractivity contribution in [2.24, 2.45) is 10.7 Å². The van der Waals surface area contributed by atoms with E-state index in [-0.39, 0.29) is 5.04 Å². The molecule has 0 spiro atoms. The largest absolute Gasteiger partial charge is 0.547 e. The summed E-state index contributed by atoms with van der Waals surface area (Å²) in [5, 5.41) is 0.202. The Bertz CT molecular complexity index is 311. The van der Waals surface area contributed by atoms with Crippen LogP contribution in [-0.4, -0.2) is 15.0 Å². The quantitative estimate of drug-likeness (QED) is 0.354. The van der Waals surface area contributed by atoms with Crippen LogP contribution in [0.15, 0.2) is 28.7 Å². The third-order valence-corrected chi connectivity index (χ3v) is 7.34. The van der Waals surface area contributed by atoms with Gasteiger partial charge < -0.3 is 10.2 Å². The summed E-state index contributed by atoms with van der Waals surface area (Å²) in [6.07, 6.45) is 3.54. The lowest BCUT2D eigenvalue weighted by Crippen LogP contribution is -2.40. The normalized spacial score (nSPS) is 14.9. The standard InChI is InChI=1S/C12H24N2OSi/c1-10(8-9-11(13)14-5)15-16(6,7)12(2,3)4/h8-9H,5,13H2,1-4,6-7H3/b10-8+,11-9-. The second kappa shape index (κ2) is 5.34. The average molecular weight is 240 g/mol. The van der Waals surface area contributed by atoms with Crippen LogP contribution in [0.1, 0.15) is 27.7 Å². The number of aliphatic imine (C=N–C) groups is 1. The van der Waals surface area contributed by atoms with E-state index in [4.69, 9.17) is 10.2 Å². The van der Waals surface area contributed by atoms with E-state index in [1.54, 1.807) is 6.08 Å². The monoisotopic (exact) mass is 240 g/mol. The van der Waals surface area contributed by atoms with Crippen molar-refractivity contribution >= 4 is 15.0 Å². The summed E-state index contributed by atoms with van der Waals surface area (Å²) in [4.78, 5) is 3.61. The van der Waals surface area contributed by atoms with Gasteiger partial charge >= 0.3 is 0 Å². The van der Waals surface area contributed by atoms with Gasteiger partial charge in [0, 0.05) is 0 Å². The van der Waals surface area contributed by atoms with Crippen molar-refractivity contribution in [1.82, 2.24) is 0 Å². The average Bonchev–Trinajstić information content (AvgIpc) is 2.11. The summed E-state index contributed by atoms with van der Waals surface area (Å²) < 4.78 is 6.03. The Hall–Kier alpha value is -1.03. The van der Waals surface area contributed by atoms with Gasteiger partial charge in [0.25, 0.3) is 0 Å². The molecule has 92 valence electrons. The summed E-state index contributed by atoms with van der Waals surface area (Å²) in [6, 6.07) is 0. The molecular weight excluding hydrogens is 216 g/mol. The van der Waals surface area contributed by atoms with Crippen molar-refractivity contribution in [3.05, 3.63) is 23.7 Å². The minimum atomic E-state index is -1.73. The smallest absolute Gasteiger partial charge is 0.250 e. The Labute approximate surface area is 100 Å². The molecule has 0 rings (SSSR count). The molecule has 0 aliphatic carbocycles. The molecule has 0 unspecified atom stereocenters. The van der Waals surface area contributed by atoms with E-state index >= 15 is 0 Å². The molecule has 0 heterocycles. The molecule has 0 saturated carbocycles. The van der Waals surface area contributed by atoms with Crippen LogP contribution >= 0.6 is 0 Å². The highest BCUT2D eigenvalue weighted by molar-refractivity contribution is 6.74. The van der Waals surface area contributed by atoms with Gasteiger partial charge in [0.05, 0.1) is 5.76 Å². The lowest BCUT2D eigenvalue weighted by molar-refractivity contribution is 0.386. The predicted octanol–water partition coefficient (Wildman–Crippen LogP) is 3.41. The van der Waals surface area contributed by atoms with Crippen LogP contribution in [0.4, 0.5) is 0 Å². The summed E-state index contributed by atoms with van der Waals surface area (Å²) in [6.45, 7) is 16.3. The summed E-state index contributed by atoms with van der Waals surface area (Å²) in [5.41, 5.74) is 5.51. The Morgan fingerprint density at radius 1 is 1.31 bits per heavy atom. The maximum absolute atomic E-state index is 6.03. The minimum Gasteiger partial charge on any atom is -0.547 e. The molecule has 4 heteroatoms. The third-order valence-electron chi connectivity index (χ3n) is 2.89. The van der Waals surface area contributed by atoms with Crippen LogP contribution in [0.5, 0.6) is 0 Å². The van der Waals surface area contributed by atoms with E-state index in [9.17, 15) is 0 Å². The van der Waals surface area contributed by atoms with Crippen LogP contribution < -0.4 is 5.73 Å². The van der Waals surface area contributed by atoms with Gasteiger partial charge in [0.1, 0.15) is 5.82 Å². The second-order valence-electron chi connectivity index (χ2n) is 5.39. The minimum absolute atomic E-state index is 0.202. The number of hydrogen-bond donors (Lipinski definition) is 1. The van der Waals surface area contributed by atoms with E-state index < -0.39 is 8.32 Å². The summed E-state index contributed by atoms with van der Waals surface area (Å²) in [5.74, 6) is 1.27. The van der Waals surface area contributed by atoms with Crippen LogP contribution in [0.25, 0.3) is 0 Å². The van der Waals surface area contributed by atoms with Crippen LogP contribution in [0.2, 0.25) is 18.1 Å². The Morgan fingerprint density at radius 3 is 2.19 bits per heavy atom. The van der Waals surface area contributed by atoms with Gasteiger partial charge in [-0.25, -0.2) is 4.99 Å². The maximum atomic E-state index is 6.03. The SMILES string of the molecule is C=N/C(N)=C\C=C(/C)O[Si](C)(C)C(C)(C)C. The van der Waals surface area contributed by atoms with Gasteiger partial charge in [0.15, 0.2) is 0 Å². The Kier molecular flexibility index (Phi) is 5.00. The van der Waals surface area contributed by atoms with Gasteiger partial charge in [-0.15, -0.1) is 0 Å². The molecule has 0 aromatic carbocycles. The first-order valence-corrected chi connectivity index (χ1v) is 8.31. The van der Waals surface area contributed by atoms with Crippen molar-refractivity contribution in [1.29, 1.82) is 0 Å². The van der Waals surface area contributed by atoms with Crippen molar-refractivity contribution in [2.75, 3.05) is 0 Å². The molecular formula is C12H24N2OSi. The molecule has 0 bridgehead atoms. The lowest BCUT2D eigenvalue weighted by Gasteiger charge is -2.36. The second-order valence-corrected chi connectivity index (χ2v) is 10.1. The third kappa shape index (κ3) is 4.66. The molecule has 0 amide bonds. The molecule has 0 aliphatic rings. The molecule has 2 N–H and O–H groups in total. The van der Waals surface area contributed by atoms with Gasteiger partial charge in [-0.3, -0.25) is 0 Å². The molecule has 0 aromatic heterocycles. The zero-order valence-corrected chi connectivity index (χ0v) is 12.3. The fourth-order valence-corrected chi connectivity index (χ4v) is 2.02. The maximum Gasteiger partial charge on any atom is 0.250 e. The first-order valence-electron chi connectivity index (χ1n) is 5.40. The van der Waals surface area contributed by atoms with E-state index in [0.717, 1.165) is 5.76 Å². The summed E-state index contributed by atoms with van der Waals surface area (Å²) in [7, 11) is -1.73. The van der Waals surface area contributed by atoms with Crippen LogP contribution in [0, 0.1) is 0 Å². The van der Waals surface area contributed by atoms with E-state index in [1.165, 1.54) is 0 Å². The number of nitrogens with two attached hydrogens (primary N) is 1. The number of allylic oxidation sites excluding steroid dienone is 3.